The van der Waals surface area contributed by atoms with E-state index in [2.05, 4.69) is 10.3 Å². The van der Waals surface area contributed by atoms with Crippen LogP contribution in [0.25, 0.3) is 10.9 Å². The van der Waals surface area contributed by atoms with Crippen LogP contribution in [-0.2, 0) is 12.7 Å². The minimum atomic E-state index is -4.44. The second-order valence-electron chi connectivity index (χ2n) is 5.23. The molecule has 1 aromatic heterocycles. The smallest absolute Gasteiger partial charge is 0.386 e. The Kier molecular flexibility index (Phi) is 4.06. The molecule has 1 N–H and O–H groups in total. The molecule has 2 aromatic carbocycles. The van der Waals surface area contributed by atoms with Crippen LogP contribution in [0.1, 0.15) is 17.2 Å². The van der Waals surface area contributed by atoms with E-state index in [4.69, 9.17) is 0 Å². The summed E-state index contributed by atoms with van der Waals surface area (Å²) in [6.45, 7) is -0.206. The van der Waals surface area contributed by atoms with Crippen LogP contribution in [-0.4, -0.2) is 20.1 Å². The minimum Gasteiger partial charge on any atom is -0.386 e. The Balaban J connectivity index is 1.86. The van der Waals surface area contributed by atoms with Gasteiger partial charge in [0.25, 0.3) is 5.56 Å². The maximum absolute atomic E-state index is 12.5. The predicted molar refractivity (Wildman–Crippen MR) is 80.2 cm³/mol. The summed E-state index contributed by atoms with van der Waals surface area (Å²) in [6.07, 6.45) is -5.62. The fraction of sp³-hybridized carbons (Fsp3) is 0.188. The molecule has 8 heteroatoms. The monoisotopic (exact) mass is 335 g/mol. The van der Waals surface area contributed by atoms with Crippen molar-refractivity contribution in [2.24, 2.45) is 0 Å². The maximum atomic E-state index is 12.5. The predicted octanol–water partition coefficient (Wildman–Crippen LogP) is 2.54. The lowest BCUT2D eigenvalue weighted by Gasteiger charge is -2.13. The SMILES string of the molecule is O=c1c2ccccc2nnn1C[C@H](O)c1ccc(C(F)(F)F)cc1. The van der Waals surface area contributed by atoms with Gasteiger partial charge in [0.15, 0.2) is 0 Å². The first kappa shape index (κ1) is 16.1. The number of fused-ring (bicyclic) bond motifs is 1. The van der Waals surface area contributed by atoms with Gasteiger partial charge in [0.1, 0.15) is 5.52 Å². The van der Waals surface area contributed by atoms with E-state index in [9.17, 15) is 23.1 Å². The molecule has 0 aliphatic heterocycles. The van der Waals surface area contributed by atoms with Gasteiger partial charge in [-0.2, -0.15) is 13.2 Å². The number of aromatic nitrogens is 3. The van der Waals surface area contributed by atoms with Crippen molar-refractivity contribution < 1.29 is 18.3 Å². The lowest BCUT2D eigenvalue weighted by Crippen LogP contribution is -2.27. The lowest BCUT2D eigenvalue weighted by atomic mass is 10.1. The Morgan fingerprint density at radius 3 is 2.42 bits per heavy atom. The molecular formula is C16H12F3N3O2. The van der Waals surface area contributed by atoms with E-state index in [1.807, 2.05) is 0 Å². The topological polar surface area (TPSA) is 68.0 Å². The molecule has 0 aliphatic carbocycles. The average molecular weight is 335 g/mol. The molecule has 0 fully saturated rings. The summed E-state index contributed by atoms with van der Waals surface area (Å²) in [4.78, 5) is 12.3. The number of nitrogens with zero attached hydrogens (tertiary/aromatic N) is 3. The molecule has 0 aliphatic rings. The van der Waals surface area contributed by atoms with E-state index in [1.54, 1.807) is 24.3 Å². The van der Waals surface area contributed by atoms with Crippen LogP contribution >= 0.6 is 0 Å². The molecular weight excluding hydrogens is 323 g/mol. The molecule has 3 rings (SSSR count). The first-order chi connectivity index (χ1) is 11.4. The van der Waals surface area contributed by atoms with Crippen molar-refractivity contribution in [1.82, 2.24) is 15.0 Å². The summed E-state index contributed by atoms with van der Waals surface area (Å²) in [5.74, 6) is 0. The van der Waals surface area contributed by atoms with Crippen molar-refractivity contribution in [3.05, 3.63) is 70.0 Å². The highest BCUT2D eigenvalue weighted by Gasteiger charge is 2.30. The van der Waals surface area contributed by atoms with Gasteiger partial charge in [-0.25, -0.2) is 4.68 Å². The number of alkyl halides is 3. The number of hydrogen-bond donors (Lipinski definition) is 1. The van der Waals surface area contributed by atoms with Crippen molar-refractivity contribution in [2.75, 3.05) is 0 Å². The van der Waals surface area contributed by atoms with Crippen molar-refractivity contribution in [3.63, 3.8) is 0 Å². The van der Waals surface area contributed by atoms with Gasteiger partial charge in [0, 0.05) is 0 Å². The summed E-state index contributed by atoms with van der Waals surface area (Å²) in [7, 11) is 0. The van der Waals surface area contributed by atoms with E-state index in [0.29, 0.717) is 10.9 Å². The summed E-state index contributed by atoms with van der Waals surface area (Å²) in [5, 5.41) is 18.1. The van der Waals surface area contributed by atoms with Gasteiger partial charge in [-0.15, -0.1) is 5.10 Å². The highest BCUT2D eigenvalue weighted by Crippen LogP contribution is 2.30. The molecule has 0 radical (unpaired) electrons. The van der Waals surface area contributed by atoms with Gasteiger partial charge >= 0.3 is 6.18 Å². The molecule has 0 spiro atoms. The van der Waals surface area contributed by atoms with E-state index in [-0.39, 0.29) is 12.1 Å². The second kappa shape index (κ2) is 6.04. The number of halogens is 3. The van der Waals surface area contributed by atoms with Crippen LogP contribution in [0.2, 0.25) is 0 Å². The highest BCUT2D eigenvalue weighted by atomic mass is 19.4. The maximum Gasteiger partial charge on any atom is 0.416 e. The molecule has 3 aromatic rings. The zero-order valence-electron chi connectivity index (χ0n) is 12.2. The van der Waals surface area contributed by atoms with Crippen molar-refractivity contribution >= 4 is 10.9 Å². The van der Waals surface area contributed by atoms with Gasteiger partial charge in [-0.1, -0.05) is 29.5 Å². The molecule has 1 atom stereocenters. The van der Waals surface area contributed by atoms with Crippen LogP contribution in [0.15, 0.2) is 53.3 Å². The van der Waals surface area contributed by atoms with Gasteiger partial charge in [-0.3, -0.25) is 4.79 Å². The third-order valence-corrected chi connectivity index (χ3v) is 3.60. The number of aliphatic hydroxyl groups excluding tert-OH is 1. The Hall–Kier alpha value is -2.74. The van der Waals surface area contributed by atoms with Crippen molar-refractivity contribution in [1.29, 1.82) is 0 Å². The number of rotatable bonds is 3. The van der Waals surface area contributed by atoms with Crippen LogP contribution in [0.3, 0.4) is 0 Å². The minimum absolute atomic E-state index is 0.206. The van der Waals surface area contributed by atoms with E-state index in [1.165, 1.54) is 12.1 Å². The fourth-order valence-corrected chi connectivity index (χ4v) is 2.31. The largest absolute Gasteiger partial charge is 0.416 e. The zero-order chi connectivity index (χ0) is 17.3. The van der Waals surface area contributed by atoms with Crippen LogP contribution in [0.5, 0.6) is 0 Å². The first-order valence-corrected chi connectivity index (χ1v) is 7.04. The summed E-state index contributed by atoms with van der Waals surface area (Å²) in [6, 6.07) is 10.7. The van der Waals surface area contributed by atoms with Gasteiger partial charge in [0.05, 0.1) is 23.6 Å². The van der Waals surface area contributed by atoms with Crippen molar-refractivity contribution in [2.45, 2.75) is 18.8 Å². The summed E-state index contributed by atoms with van der Waals surface area (Å²) in [5.41, 5.74) is -0.541. The molecule has 0 amide bonds. The Morgan fingerprint density at radius 1 is 1.08 bits per heavy atom. The second-order valence-corrected chi connectivity index (χ2v) is 5.23. The molecule has 24 heavy (non-hydrogen) atoms. The Bertz CT molecular complexity index is 920. The van der Waals surface area contributed by atoms with E-state index in [0.717, 1.165) is 16.8 Å². The van der Waals surface area contributed by atoms with Gasteiger partial charge in [-0.05, 0) is 29.8 Å². The quantitative estimate of drug-likeness (QED) is 0.799. The third kappa shape index (κ3) is 3.13. The van der Waals surface area contributed by atoms with Crippen molar-refractivity contribution in [3.8, 4) is 0 Å². The lowest BCUT2D eigenvalue weighted by molar-refractivity contribution is -0.137. The molecule has 124 valence electrons. The van der Waals surface area contributed by atoms with Crippen LogP contribution < -0.4 is 5.56 Å². The Labute approximate surface area is 134 Å². The number of hydrogen-bond acceptors (Lipinski definition) is 4. The van der Waals surface area contributed by atoms with E-state index >= 15 is 0 Å². The molecule has 0 saturated carbocycles. The van der Waals surface area contributed by atoms with Crippen LogP contribution in [0.4, 0.5) is 13.2 Å². The summed E-state index contributed by atoms with van der Waals surface area (Å²) < 4.78 is 38.6. The number of benzene rings is 2. The normalized spacial score (nSPS) is 13.2. The Morgan fingerprint density at radius 2 is 1.75 bits per heavy atom. The standard InChI is InChI=1S/C16H12F3N3O2/c17-16(18,19)11-7-5-10(6-8-11)14(23)9-22-15(24)12-3-1-2-4-13(12)20-21-22/h1-8,14,23H,9H2/t14-/m0/s1. The number of aliphatic hydroxyl groups is 1. The summed E-state index contributed by atoms with van der Waals surface area (Å²) >= 11 is 0. The molecule has 1 heterocycles. The molecule has 5 nitrogen and oxygen atoms in total. The fourth-order valence-electron chi connectivity index (χ4n) is 2.31. The van der Waals surface area contributed by atoms with Gasteiger partial charge < -0.3 is 5.11 Å². The van der Waals surface area contributed by atoms with Gasteiger partial charge in [0.2, 0.25) is 0 Å². The van der Waals surface area contributed by atoms with Crippen LogP contribution in [0, 0.1) is 0 Å². The highest BCUT2D eigenvalue weighted by molar-refractivity contribution is 5.76. The molecule has 0 unspecified atom stereocenters. The third-order valence-electron chi connectivity index (χ3n) is 3.60. The first-order valence-electron chi connectivity index (χ1n) is 7.04. The zero-order valence-corrected chi connectivity index (χ0v) is 12.2. The van der Waals surface area contributed by atoms with E-state index < -0.39 is 23.4 Å². The average Bonchev–Trinajstić information content (AvgIpc) is 2.57. The molecule has 0 bridgehead atoms. The molecule has 0 saturated heterocycles.